The lowest BCUT2D eigenvalue weighted by Crippen LogP contribution is -2.27. The molecule has 0 atom stereocenters. The van der Waals surface area contributed by atoms with Gasteiger partial charge in [0.15, 0.2) is 9.84 Å². The number of hydrogen-bond donors (Lipinski definition) is 2. The molecule has 2 N–H and O–H groups in total. The molecule has 4 heterocycles. The van der Waals surface area contributed by atoms with Gasteiger partial charge in [0.2, 0.25) is 5.95 Å². The maximum atomic E-state index is 12.9. The molecule has 0 bridgehead atoms. The molecule has 182 valence electrons. The van der Waals surface area contributed by atoms with Crippen molar-refractivity contribution < 1.29 is 13.2 Å². The number of halogens is 1. The Hall–Kier alpha value is -2.53. The summed E-state index contributed by atoms with van der Waals surface area (Å²) in [6, 6.07) is 5.63. The molecule has 11 heteroatoms. The van der Waals surface area contributed by atoms with Gasteiger partial charge in [-0.2, -0.15) is 0 Å². The van der Waals surface area contributed by atoms with E-state index < -0.39 is 9.84 Å². The first kappa shape index (κ1) is 22.9. The normalized spacial score (nSPS) is 19.1. The number of thiophene rings is 1. The van der Waals surface area contributed by atoms with Crippen LogP contribution in [-0.2, 0) is 22.8 Å². The van der Waals surface area contributed by atoms with Gasteiger partial charge in [-0.1, -0.05) is 11.6 Å². The number of carbonyl (C=O) groups is 1. The van der Waals surface area contributed by atoms with E-state index in [1.807, 2.05) is 18.3 Å². The van der Waals surface area contributed by atoms with E-state index in [-0.39, 0.29) is 28.0 Å². The predicted octanol–water partition coefficient (Wildman–Crippen LogP) is 3.98. The number of sulfone groups is 1. The number of nitrogens with zero attached hydrogens (tertiary/aromatic N) is 3. The lowest BCUT2D eigenvalue weighted by Gasteiger charge is -2.19. The molecular weight excluding hydrogens is 506 g/mol. The van der Waals surface area contributed by atoms with E-state index in [2.05, 4.69) is 15.6 Å². The molecule has 1 fully saturated rings. The summed E-state index contributed by atoms with van der Waals surface area (Å²) in [7, 11) is -1.92. The smallest absolute Gasteiger partial charge is 0.265 e. The van der Waals surface area contributed by atoms with E-state index in [0.717, 1.165) is 43.6 Å². The van der Waals surface area contributed by atoms with Crippen LogP contribution in [0.5, 0.6) is 0 Å². The van der Waals surface area contributed by atoms with Crippen molar-refractivity contribution in [3.8, 4) is 10.6 Å². The number of fused-ring (bicyclic) bond motifs is 2. The first-order chi connectivity index (χ1) is 16.8. The highest BCUT2D eigenvalue weighted by Gasteiger charge is 2.34. The van der Waals surface area contributed by atoms with Crippen molar-refractivity contribution >= 4 is 50.3 Å². The largest absolute Gasteiger partial charge is 0.340 e. The van der Waals surface area contributed by atoms with Crippen molar-refractivity contribution in [2.45, 2.75) is 36.6 Å². The van der Waals surface area contributed by atoms with Gasteiger partial charge in [0.25, 0.3) is 5.91 Å². The van der Waals surface area contributed by atoms with Crippen molar-refractivity contribution in [1.82, 2.24) is 20.2 Å². The number of anilines is 2. The average molecular weight is 530 g/mol. The van der Waals surface area contributed by atoms with Crippen molar-refractivity contribution in [1.29, 1.82) is 0 Å². The Morgan fingerprint density at radius 2 is 2.06 bits per heavy atom. The van der Waals surface area contributed by atoms with Crippen LogP contribution in [0.1, 0.15) is 45.1 Å². The van der Waals surface area contributed by atoms with Gasteiger partial charge < -0.3 is 15.5 Å². The topological polar surface area (TPSA) is 104 Å². The Morgan fingerprint density at radius 1 is 1.23 bits per heavy atom. The van der Waals surface area contributed by atoms with E-state index in [4.69, 9.17) is 16.6 Å². The van der Waals surface area contributed by atoms with Crippen LogP contribution in [0.3, 0.4) is 0 Å². The number of rotatable bonds is 4. The third-order valence-corrected chi connectivity index (χ3v) is 10.0. The average Bonchev–Trinajstić information content (AvgIpc) is 3.60. The van der Waals surface area contributed by atoms with Crippen LogP contribution in [0.15, 0.2) is 29.3 Å². The van der Waals surface area contributed by atoms with E-state index in [0.29, 0.717) is 27.5 Å². The zero-order valence-corrected chi connectivity index (χ0v) is 21.5. The molecular formula is C24H24ClN5O3S2. The Morgan fingerprint density at radius 3 is 2.86 bits per heavy atom. The van der Waals surface area contributed by atoms with Gasteiger partial charge in [0.05, 0.1) is 31.9 Å². The molecule has 3 aromatic rings. The second-order valence-corrected chi connectivity index (χ2v) is 12.8. The van der Waals surface area contributed by atoms with Crippen LogP contribution in [0, 0.1) is 0 Å². The SMILES string of the molecule is CN1CCS(=O)(=O)c2cc(-c3nc(Nc4cc5c(cc4Cl)CNCC5)ncc3C3CC3)sc2C1=O. The molecule has 1 saturated carbocycles. The maximum Gasteiger partial charge on any atom is 0.265 e. The standard InChI is InChI=1S/C24H24ClN5O3S2/c1-30-6-7-35(32,33)20-10-19(34-22(20)23(30)31)21-16(13-2-3-13)12-27-24(29-21)28-18-9-14-4-5-26-11-15(14)8-17(18)25/h8-10,12-13,26H,2-7,11H2,1H3,(H,27,28,29). The summed E-state index contributed by atoms with van der Waals surface area (Å²) in [4.78, 5) is 24.7. The van der Waals surface area contributed by atoms with Gasteiger partial charge >= 0.3 is 0 Å². The fraction of sp³-hybridized carbons (Fsp3) is 0.375. The minimum atomic E-state index is -3.56. The molecule has 8 nitrogen and oxygen atoms in total. The van der Waals surface area contributed by atoms with Crippen LogP contribution >= 0.6 is 22.9 Å². The Balaban J connectivity index is 1.42. The zero-order chi connectivity index (χ0) is 24.3. The summed E-state index contributed by atoms with van der Waals surface area (Å²) < 4.78 is 25.8. The fourth-order valence-corrected chi connectivity index (χ4v) is 7.85. The monoisotopic (exact) mass is 529 g/mol. The van der Waals surface area contributed by atoms with Crippen molar-refractivity contribution in [2.24, 2.45) is 0 Å². The number of benzene rings is 1. The second kappa shape index (κ2) is 8.55. The summed E-state index contributed by atoms with van der Waals surface area (Å²) in [5.74, 6) is 0.371. The molecule has 0 spiro atoms. The third-order valence-electron chi connectivity index (χ3n) is 6.76. The summed E-state index contributed by atoms with van der Waals surface area (Å²) >= 11 is 7.74. The van der Waals surface area contributed by atoms with E-state index in [1.54, 1.807) is 13.1 Å². The number of carbonyl (C=O) groups excluding carboxylic acids is 1. The Kier molecular flexibility index (Phi) is 5.59. The molecule has 3 aliphatic rings. The van der Waals surface area contributed by atoms with Gasteiger partial charge in [-0.05, 0) is 61.1 Å². The Labute approximate surface area is 212 Å². The molecule has 1 aromatic carbocycles. The van der Waals surface area contributed by atoms with Gasteiger partial charge in [-0.3, -0.25) is 4.79 Å². The predicted molar refractivity (Wildman–Crippen MR) is 136 cm³/mol. The highest BCUT2D eigenvalue weighted by Crippen LogP contribution is 2.46. The molecule has 6 rings (SSSR count). The van der Waals surface area contributed by atoms with Gasteiger partial charge in [0, 0.05) is 31.9 Å². The summed E-state index contributed by atoms with van der Waals surface area (Å²) in [6.07, 6.45) is 4.81. The number of hydrogen-bond acceptors (Lipinski definition) is 8. The lowest BCUT2D eigenvalue weighted by atomic mass is 10.0. The van der Waals surface area contributed by atoms with Crippen molar-refractivity contribution in [2.75, 3.05) is 31.2 Å². The first-order valence-electron chi connectivity index (χ1n) is 11.6. The number of aromatic nitrogens is 2. The molecule has 1 amide bonds. The highest BCUT2D eigenvalue weighted by atomic mass is 35.5. The van der Waals surface area contributed by atoms with Gasteiger partial charge in [-0.15, -0.1) is 11.3 Å². The number of amides is 1. The van der Waals surface area contributed by atoms with Crippen LogP contribution in [0.25, 0.3) is 10.6 Å². The van der Waals surface area contributed by atoms with Crippen LogP contribution in [0.4, 0.5) is 11.6 Å². The minimum Gasteiger partial charge on any atom is -0.340 e. The second-order valence-electron chi connectivity index (χ2n) is 9.27. The zero-order valence-electron chi connectivity index (χ0n) is 19.1. The molecule has 1 aliphatic carbocycles. The highest BCUT2D eigenvalue weighted by molar-refractivity contribution is 7.91. The summed E-state index contributed by atoms with van der Waals surface area (Å²) in [5, 5.41) is 7.20. The van der Waals surface area contributed by atoms with Gasteiger partial charge in [0.1, 0.15) is 4.88 Å². The quantitative estimate of drug-likeness (QED) is 0.526. The molecule has 35 heavy (non-hydrogen) atoms. The van der Waals surface area contributed by atoms with E-state index in [9.17, 15) is 13.2 Å². The van der Waals surface area contributed by atoms with Crippen molar-refractivity contribution in [3.63, 3.8) is 0 Å². The third kappa shape index (κ3) is 4.22. The van der Waals surface area contributed by atoms with E-state index >= 15 is 0 Å². The lowest BCUT2D eigenvalue weighted by molar-refractivity contribution is 0.0807. The summed E-state index contributed by atoms with van der Waals surface area (Å²) in [6.45, 7) is 1.90. The maximum absolute atomic E-state index is 12.9. The minimum absolute atomic E-state index is 0.0865. The van der Waals surface area contributed by atoms with Crippen molar-refractivity contribution in [3.05, 3.63) is 51.0 Å². The number of nitrogens with one attached hydrogen (secondary N) is 2. The van der Waals surface area contributed by atoms with Crippen LogP contribution in [0.2, 0.25) is 5.02 Å². The molecule has 2 aromatic heterocycles. The molecule has 2 aliphatic heterocycles. The van der Waals surface area contributed by atoms with Crippen LogP contribution < -0.4 is 10.6 Å². The van der Waals surface area contributed by atoms with Gasteiger partial charge in [-0.25, -0.2) is 18.4 Å². The first-order valence-corrected chi connectivity index (χ1v) is 14.4. The fourth-order valence-electron chi connectivity index (χ4n) is 4.57. The van der Waals surface area contributed by atoms with Crippen LogP contribution in [-0.4, -0.2) is 55.1 Å². The summed E-state index contributed by atoms with van der Waals surface area (Å²) in [5.41, 5.74) is 4.81. The van der Waals surface area contributed by atoms with E-state index in [1.165, 1.54) is 27.4 Å². The Bertz CT molecular complexity index is 1470. The molecule has 0 unspecified atom stereocenters. The molecule has 0 radical (unpaired) electrons. The molecule has 0 saturated heterocycles.